The number of nitrogens with zero attached hydrogens (tertiary/aromatic N) is 1. The Morgan fingerprint density at radius 2 is 2.11 bits per heavy atom. The van der Waals surface area contributed by atoms with Crippen LogP contribution in [0.15, 0.2) is 29.3 Å². The van der Waals surface area contributed by atoms with Gasteiger partial charge in [0.05, 0.1) is 6.54 Å². The quantitative estimate of drug-likeness (QED) is 0.339. The Hall–Kier alpha value is -1.62. The second-order valence-electron chi connectivity index (χ2n) is 4.92. The van der Waals surface area contributed by atoms with Crippen molar-refractivity contribution in [3.63, 3.8) is 0 Å². The molecule has 1 aliphatic carbocycles. The summed E-state index contributed by atoms with van der Waals surface area (Å²) in [6, 6.07) is 6.88. The molecule has 0 heterocycles. The molecule has 1 saturated carbocycles. The van der Waals surface area contributed by atoms with Crippen LogP contribution < -0.4 is 16.6 Å². The molecule has 0 radical (unpaired) electrons. The number of halogens is 1. The van der Waals surface area contributed by atoms with Crippen LogP contribution in [-0.2, 0) is 6.54 Å². The number of nitrogens with one attached hydrogen (secondary N) is 2. The smallest absolute Gasteiger partial charge is 0.206 e. The molecule has 0 amide bonds. The summed E-state index contributed by atoms with van der Waals surface area (Å²) in [7, 11) is 0. The summed E-state index contributed by atoms with van der Waals surface area (Å²) in [6.07, 6.45) is 6.12. The second kappa shape index (κ2) is 7.09. The molecule has 0 spiro atoms. The highest BCUT2D eigenvalue weighted by Gasteiger charge is 2.13. The lowest BCUT2D eigenvalue weighted by Gasteiger charge is -2.24. The molecule has 5 heteroatoms. The zero-order valence-corrected chi connectivity index (χ0v) is 11.0. The molecule has 1 fully saturated rings. The number of benzene rings is 1. The van der Waals surface area contributed by atoms with Crippen molar-refractivity contribution in [3.8, 4) is 0 Å². The van der Waals surface area contributed by atoms with E-state index in [0.29, 0.717) is 18.5 Å². The first-order chi connectivity index (χ1) is 9.28. The Bertz CT molecular complexity index is 427. The van der Waals surface area contributed by atoms with Crippen LogP contribution in [0.3, 0.4) is 0 Å². The van der Waals surface area contributed by atoms with Crippen molar-refractivity contribution in [1.82, 2.24) is 10.7 Å². The minimum absolute atomic E-state index is 0.241. The normalized spacial score (nSPS) is 17.3. The molecule has 0 bridgehead atoms. The fourth-order valence-electron chi connectivity index (χ4n) is 2.38. The van der Waals surface area contributed by atoms with Gasteiger partial charge in [-0.3, -0.25) is 5.43 Å². The van der Waals surface area contributed by atoms with Gasteiger partial charge in [-0.25, -0.2) is 15.2 Å². The van der Waals surface area contributed by atoms with E-state index in [1.165, 1.54) is 31.4 Å². The summed E-state index contributed by atoms with van der Waals surface area (Å²) in [5.41, 5.74) is 3.41. The number of guanidine groups is 1. The monoisotopic (exact) mass is 264 g/mol. The minimum Gasteiger partial charge on any atom is -0.353 e. The van der Waals surface area contributed by atoms with Crippen molar-refractivity contribution in [3.05, 3.63) is 35.6 Å². The van der Waals surface area contributed by atoms with Crippen LogP contribution in [0.1, 0.15) is 37.7 Å². The maximum atomic E-state index is 13.0. The average Bonchev–Trinajstić information content (AvgIpc) is 2.44. The van der Waals surface area contributed by atoms with E-state index in [1.54, 1.807) is 6.07 Å². The highest BCUT2D eigenvalue weighted by atomic mass is 19.1. The summed E-state index contributed by atoms with van der Waals surface area (Å²) in [5, 5.41) is 3.31. The molecule has 0 unspecified atom stereocenters. The fraction of sp³-hybridized carbons (Fsp3) is 0.500. The van der Waals surface area contributed by atoms with Crippen LogP contribution in [0, 0.1) is 5.82 Å². The van der Waals surface area contributed by atoms with Gasteiger partial charge in [0, 0.05) is 6.04 Å². The third-order valence-corrected chi connectivity index (χ3v) is 3.39. The summed E-state index contributed by atoms with van der Waals surface area (Å²) in [6.45, 7) is 0.414. The van der Waals surface area contributed by atoms with Crippen molar-refractivity contribution < 1.29 is 4.39 Å². The highest BCUT2D eigenvalue weighted by molar-refractivity contribution is 5.79. The first kappa shape index (κ1) is 13.8. The maximum Gasteiger partial charge on any atom is 0.206 e. The molecule has 4 nitrogen and oxygen atoms in total. The molecular weight excluding hydrogens is 243 g/mol. The lowest BCUT2D eigenvalue weighted by molar-refractivity contribution is 0.410. The Morgan fingerprint density at radius 3 is 2.79 bits per heavy atom. The number of nitrogens with two attached hydrogens (primary N) is 1. The third-order valence-electron chi connectivity index (χ3n) is 3.39. The Kier molecular flexibility index (Phi) is 5.15. The Morgan fingerprint density at radius 1 is 1.32 bits per heavy atom. The van der Waals surface area contributed by atoms with Gasteiger partial charge in [0.2, 0.25) is 5.96 Å². The fourth-order valence-corrected chi connectivity index (χ4v) is 2.38. The topological polar surface area (TPSA) is 62.4 Å². The van der Waals surface area contributed by atoms with E-state index in [4.69, 9.17) is 5.84 Å². The van der Waals surface area contributed by atoms with Crippen LogP contribution in [0.5, 0.6) is 0 Å². The van der Waals surface area contributed by atoms with E-state index in [9.17, 15) is 4.39 Å². The van der Waals surface area contributed by atoms with Gasteiger partial charge in [0.1, 0.15) is 5.82 Å². The van der Waals surface area contributed by atoms with Crippen LogP contribution in [0.4, 0.5) is 4.39 Å². The molecule has 4 N–H and O–H groups in total. The van der Waals surface area contributed by atoms with E-state index in [2.05, 4.69) is 15.7 Å². The van der Waals surface area contributed by atoms with Gasteiger partial charge in [0.25, 0.3) is 0 Å². The third kappa shape index (κ3) is 4.52. The molecule has 0 atom stereocenters. The summed E-state index contributed by atoms with van der Waals surface area (Å²) in [5.74, 6) is 5.81. The molecule has 0 aromatic heterocycles. The van der Waals surface area contributed by atoms with E-state index >= 15 is 0 Å². The number of rotatable bonds is 3. The largest absolute Gasteiger partial charge is 0.353 e. The van der Waals surface area contributed by atoms with Gasteiger partial charge in [-0.15, -0.1) is 0 Å². The van der Waals surface area contributed by atoms with Gasteiger partial charge >= 0.3 is 0 Å². The van der Waals surface area contributed by atoms with E-state index < -0.39 is 0 Å². The van der Waals surface area contributed by atoms with Crippen LogP contribution in [0.2, 0.25) is 0 Å². The molecule has 1 aromatic carbocycles. The van der Waals surface area contributed by atoms with Crippen molar-refractivity contribution in [2.24, 2.45) is 10.8 Å². The summed E-state index contributed by atoms with van der Waals surface area (Å²) < 4.78 is 13.0. The molecule has 2 rings (SSSR count). The lowest BCUT2D eigenvalue weighted by atomic mass is 9.96. The minimum atomic E-state index is -0.241. The summed E-state index contributed by atoms with van der Waals surface area (Å²) >= 11 is 0. The molecule has 1 aromatic rings. The van der Waals surface area contributed by atoms with Crippen LogP contribution >= 0.6 is 0 Å². The van der Waals surface area contributed by atoms with Crippen molar-refractivity contribution >= 4 is 5.96 Å². The molecule has 0 saturated heterocycles. The predicted molar refractivity (Wildman–Crippen MR) is 74.9 cm³/mol. The van der Waals surface area contributed by atoms with Gasteiger partial charge < -0.3 is 5.32 Å². The van der Waals surface area contributed by atoms with Gasteiger partial charge in [-0.05, 0) is 30.5 Å². The van der Waals surface area contributed by atoms with Crippen LogP contribution in [0.25, 0.3) is 0 Å². The second-order valence-corrected chi connectivity index (χ2v) is 4.92. The first-order valence-electron chi connectivity index (χ1n) is 6.80. The number of aliphatic imine (C=N–C) groups is 1. The van der Waals surface area contributed by atoms with Crippen LogP contribution in [-0.4, -0.2) is 12.0 Å². The van der Waals surface area contributed by atoms with Crippen molar-refractivity contribution in [2.45, 2.75) is 44.7 Å². The predicted octanol–water partition coefficient (Wildman–Crippen LogP) is 2.07. The first-order valence-corrected chi connectivity index (χ1v) is 6.80. The number of hydrogen-bond donors (Lipinski definition) is 3. The molecule has 1 aliphatic rings. The zero-order valence-electron chi connectivity index (χ0n) is 11.0. The molecule has 104 valence electrons. The maximum absolute atomic E-state index is 13.0. The molecule has 19 heavy (non-hydrogen) atoms. The zero-order chi connectivity index (χ0) is 13.5. The van der Waals surface area contributed by atoms with E-state index in [1.807, 2.05) is 6.07 Å². The standard InChI is InChI=1S/C14H21FN4/c15-12-6-4-5-11(9-12)10-17-14(19-16)18-13-7-2-1-3-8-13/h4-6,9,13H,1-3,7-8,10,16H2,(H2,17,18,19). The van der Waals surface area contributed by atoms with Gasteiger partial charge in [-0.2, -0.15) is 0 Å². The van der Waals surface area contributed by atoms with Gasteiger partial charge in [0.15, 0.2) is 0 Å². The average molecular weight is 264 g/mol. The van der Waals surface area contributed by atoms with E-state index in [0.717, 1.165) is 18.4 Å². The number of hydrogen-bond acceptors (Lipinski definition) is 2. The SMILES string of the molecule is NNC(=NCc1cccc(F)c1)NC1CCCCC1. The number of hydrazine groups is 1. The Balaban J connectivity index is 1.91. The molecule has 0 aliphatic heterocycles. The molecular formula is C14H21FN4. The van der Waals surface area contributed by atoms with Crippen molar-refractivity contribution in [2.75, 3.05) is 0 Å². The van der Waals surface area contributed by atoms with E-state index in [-0.39, 0.29) is 5.82 Å². The lowest BCUT2D eigenvalue weighted by Crippen LogP contribution is -2.47. The summed E-state index contributed by atoms with van der Waals surface area (Å²) in [4.78, 5) is 4.35. The Labute approximate surface area is 113 Å². The van der Waals surface area contributed by atoms with Crippen molar-refractivity contribution in [1.29, 1.82) is 0 Å². The highest BCUT2D eigenvalue weighted by Crippen LogP contribution is 2.17. The van der Waals surface area contributed by atoms with Gasteiger partial charge in [-0.1, -0.05) is 31.4 Å².